The molecule has 0 aromatic heterocycles. The SMILES string of the molecule is C#CC=CC(N)=O. The second-order valence-electron chi connectivity index (χ2n) is 0.902. The van der Waals surface area contributed by atoms with E-state index >= 15 is 0 Å². The molecule has 0 unspecified atom stereocenters. The van der Waals surface area contributed by atoms with Crippen molar-refractivity contribution in [3.63, 3.8) is 0 Å². The molecule has 2 nitrogen and oxygen atoms in total. The number of rotatable bonds is 1. The van der Waals surface area contributed by atoms with Crippen LogP contribution in [0.5, 0.6) is 0 Å². The van der Waals surface area contributed by atoms with Crippen molar-refractivity contribution in [2.24, 2.45) is 5.73 Å². The minimum absolute atomic E-state index is 0.516. The molecule has 36 valence electrons. The average molecular weight is 95.1 g/mol. The van der Waals surface area contributed by atoms with Gasteiger partial charge in [0, 0.05) is 6.08 Å². The molecule has 0 radical (unpaired) electrons. The highest BCUT2D eigenvalue weighted by molar-refractivity contribution is 5.86. The average Bonchev–Trinajstić information content (AvgIpc) is 1.61. The molecule has 0 aliphatic heterocycles. The minimum Gasteiger partial charge on any atom is -0.366 e. The van der Waals surface area contributed by atoms with Gasteiger partial charge >= 0.3 is 0 Å². The van der Waals surface area contributed by atoms with E-state index in [9.17, 15) is 4.79 Å². The minimum atomic E-state index is -0.516. The molecule has 7 heavy (non-hydrogen) atoms. The Kier molecular flexibility index (Phi) is 2.46. The van der Waals surface area contributed by atoms with Crippen LogP contribution in [0.15, 0.2) is 12.2 Å². The third-order valence-electron chi connectivity index (χ3n) is 0.344. The van der Waals surface area contributed by atoms with E-state index in [-0.39, 0.29) is 0 Å². The largest absolute Gasteiger partial charge is 0.366 e. The van der Waals surface area contributed by atoms with E-state index in [0.29, 0.717) is 0 Å². The fourth-order valence-corrected chi connectivity index (χ4v) is 0.130. The Labute approximate surface area is 42.0 Å². The summed E-state index contributed by atoms with van der Waals surface area (Å²) in [6, 6.07) is 0. The molecule has 0 aliphatic carbocycles. The molecule has 0 bridgehead atoms. The van der Waals surface area contributed by atoms with Crippen LogP contribution in [0.4, 0.5) is 0 Å². The molecule has 0 aromatic carbocycles. The van der Waals surface area contributed by atoms with Crippen molar-refractivity contribution in [1.82, 2.24) is 0 Å². The molecule has 0 fully saturated rings. The standard InChI is InChI=1S/C5H5NO/c1-2-3-4-5(6)7/h1,3-4H,(H2,6,7). The monoisotopic (exact) mass is 95.0 g/mol. The van der Waals surface area contributed by atoms with Gasteiger partial charge in [-0.05, 0) is 6.08 Å². The van der Waals surface area contributed by atoms with E-state index in [2.05, 4.69) is 11.7 Å². The van der Waals surface area contributed by atoms with E-state index in [1.54, 1.807) is 0 Å². The summed E-state index contributed by atoms with van der Waals surface area (Å²) in [5, 5.41) is 0. The van der Waals surface area contributed by atoms with Crippen LogP contribution < -0.4 is 5.73 Å². The third kappa shape index (κ3) is 4.77. The maximum absolute atomic E-state index is 9.80. The number of nitrogens with two attached hydrogens (primary N) is 1. The highest BCUT2D eigenvalue weighted by Gasteiger charge is 1.74. The van der Waals surface area contributed by atoms with Crippen LogP contribution in [0.25, 0.3) is 0 Å². The highest BCUT2D eigenvalue weighted by atomic mass is 16.1. The van der Waals surface area contributed by atoms with Gasteiger partial charge in [-0.1, -0.05) is 5.92 Å². The van der Waals surface area contributed by atoms with Gasteiger partial charge in [0.15, 0.2) is 0 Å². The summed E-state index contributed by atoms with van der Waals surface area (Å²) in [5.41, 5.74) is 4.66. The molecule has 1 amide bonds. The van der Waals surface area contributed by atoms with Crippen molar-refractivity contribution in [1.29, 1.82) is 0 Å². The summed E-state index contributed by atoms with van der Waals surface area (Å²) in [7, 11) is 0. The number of primary amides is 1. The molecule has 2 heteroatoms. The Bertz CT molecular complexity index is 130. The first-order valence-corrected chi connectivity index (χ1v) is 1.69. The first-order valence-electron chi connectivity index (χ1n) is 1.69. The van der Waals surface area contributed by atoms with Gasteiger partial charge in [0.05, 0.1) is 0 Å². The fourth-order valence-electron chi connectivity index (χ4n) is 0.130. The summed E-state index contributed by atoms with van der Waals surface area (Å²) in [6.45, 7) is 0. The maximum atomic E-state index is 9.80. The molecule has 2 N–H and O–H groups in total. The van der Waals surface area contributed by atoms with E-state index in [1.165, 1.54) is 6.08 Å². The van der Waals surface area contributed by atoms with Crippen LogP contribution in [0, 0.1) is 12.3 Å². The van der Waals surface area contributed by atoms with Gasteiger partial charge in [-0.15, -0.1) is 6.42 Å². The Morgan fingerprint density at radius 2 is 2.43 bits per heavy atom. The number of allylic oxidation sites excluding steroid dienone is 1. The number of hydrogen-bond acceptors (Lipinski definition) is 1. The Morgan fingerprint density at radius 1 is 1.86 bits per heavy atom. The van der Waals surface area contributed by atoms with Crippen LogP contribution in [-0.4, -0.2) is 5.91 Å². The van der Waals surface area contributed by atoms with Crippen molar-refractivity contribution < 1.29 is 4.79 Å². The van der Waals surface area contributed by atoms with Crippen molar-refractivity contribution in [3.05, 3.63) is 12.2 Å². The molecule has 0 saturated heterocycles. The molecule has 0 heterocycles. The molecular weight excluding hydrogens is 90.1 g/mol. The van der Waals surface area contributed by atoms with Crippen LogP contribution in [0.3, 0.4) is 0 Å². The molecule has 0 spiro atoms. The van der Waals surface area contributed by atoms with Crippen molar-refractivity contribution in [3.8, 4) is 12.3 Å². The number of amides is 1. The zero-order valence-corrected chi connectivity index (χ0v) is 3.72. The first kappa shape index (κ1) is 5.77. The molecule has 0 aromatic rings. The summed E-state index contributed by atoms with van der Waals surface area (Å²) >= 11 is 0. The van der Waals surface area contributed by atoms with Crippen molar-refractivity contribution in [2.75, 3.05) is 0 Å². The molecule has 0 atom stereocenters. The number of hydrogen-bond donors (Lipinski definition) is 1. The van der Waals surface area contributed by atoms with Gasteiger partial charge in [-0.25, -0.2) is 0 Å². The normalized spacial score (nSPS) is 8.43. The highest BCUT2D eigenvalue weighted by Crippen LogP contribution is 1.62. The molecule has 0 saturated carbocycles. The summed E-state index contributed by atoms with van der Waals surface area (Å²) in [4.78, 5) is 9.80. The summed E-state index contributed by atoms with van der Waals surface area (Å²) in [6.07, 6.45) is 7.11. The van der Waals surface area contributed by atoms with Gasteiger partial charge in [-0.3, -0.25) is 4.79 Å². The summed E-state index contributed by atoms with van der Waals surface area (Å²) in [5.74, 6) is 1.60. The lowest BCUT2D eigenvalue weighted by atomic mass is 10.5. The third-order valence-corrected chi connectivity index (χ3v) is 0.344. The van der Waals surface area contributed by atoms with E-state index in [0.717, 1.165) is 6.08 Å². The molecular formula is C5H5NO. The lowest BCUT2D eigenvalue weighted by Gasteiger charge is -1.70. The second kappa shape index (κ2) is 2.98. The van der Waals surface area contributed by atoms with Gasteiger partial charge in [0.1, 0.15) is 0 Å². The lowest BCUT2D eigenvalue weighted by Crippen LogP contribution is -2.04. The first-order chi connectivity index (χ1) is 3.27. The van der Waals surface area contributed by atoms with Gasteiger partial charge in [0.2, 0.25) is 5.91 Å². The van der Waals surface area contributed by atoms with Crippen LogP contribution in [0.2, 0.25) is 0 Å². The Balaban J connectivity index is 3.53. The zero-order valence-electron chi connectivity index (χ0n) is 3.72. The Hall–Kier alpha value is -1.23. The van der Waals surface area contributed by atoms with Crippen LogP contribution >= 0.6 is 0 Å². The quantitative estimate of drug-likeness (QED) is 0.351. The van der Waals surface area contributed by atoms with Gasteiger partial charge in [0.25, 0.3) is 0 Å². The molecule has 0 aliphatic rings. The Morgan fingerprint density at radius 3 is 2.57 bits per heavy atom. The number of terminal acetylenes is 1. The van der Waals surface area contributed by atoms with Crippen molar-refractivity contribution in [2.45, 2.75) is 0 Å². The topological polar surface area (TPSA) is 43.1 Å². The van der Waals surface area contributed by atoms with Crippen LogP contribution in [-0.2, 0) is 4.79 Å². The smallest absolute Gasteiger partial charge is 0.242 e. The van der Waals surface area contributed by atoms with Crippen LogP contribution in [0.1, 0.15) is 0 Å². The second-order valence-corrected chi connectivity index (χ2v) is 0.902. The van der Waals surface area contributed by atoms with Crippen molar-refractivity contribution >= 4 is 5.91 Å². The molecule has 0 rings (SSSR count). The number of carbonyl (C=O) groups excluding carboxylic acids is 1. The van der Waals surface area contributed by atoms with E-state index < -0.39 is 5.91 Å². The predicted octanol–water partition coefficient (Wildman–Crippen LogP) is -0.339. The predicted molar refractivity (Wildman–Crippen MR) is 27.2 cm³/mol. The van der Waals surface area contributed by atoms with E-state index in [1.807, 2.05) is 0 Å². The maximum Gasteiger partial charge on any atom is 0.242 e. The summed E-state index contributed by atoms with van der Waals surface area (Å²) < 4.78 is 0. The lowest BCUT2D eigenvalue weighted by molar-refractivity contribution is -0.113. The van der Waals surface area contributed by atoms with E-state index in [4.69, 9.17) is 6.42 Å². The fraction of sp³-hybridized carbons (Fsp3) is 0. The van der Waals surface area contributed by atoms with Gasteiger partial charge in [-0.2, -0.15) is 0 Å². The zero-order chi connectivity index (χ0) is 5.70. The number of carbonyl (C=O) groups is 1. The van der Waals surface area contributed by atoms with Gasteiger partial charge < -0.3 is 5.73 Å².